The van der Waals surface area contributed by atoms with Gasteiger partial charge in [-0.2, -0.15) is 0 Å². The van der Waals surface area contributed by atoms with Gasteiger partial charge in [-0.25, -0.2) is 9.18 Å². The van der Waals surface area contributed by atoms with Crippen LogP contribution in [-0.4, -0.2) is 22.1 Å². The highest BCUT2D eigenvalue weighted by Gasteiger charge is 2.12. The SMILES string of the molecule is NC(=O)c1ccc(OCc2cc(C(=O)O)no2)cc1F. The van der Waals surface area contributed by atoms with E-state index in [4.69, 9.17) is 20.1 Å². The van der Waals surface area contributed by atoms with Crippen molar-refractivity contribution in [3.05, 3.63) is 47.1 Å². The molecule has 2 aromatic rings. The Balaban J connectivity index is 2.05. The van der Waals surface area contributed by atoms with Gasteiger partial charge < -0.3 is 20.1 Å². The van der Waals surface area contributed by atoms with Crippen LogP contribution in [0.5, 0.6) is 5.75 Å². The lowest BCUT2D eigenvalue weighted by Gasteiger charge is -2.05. The third-order valence-corrected chi connectivity index (χ3v) is 2.37. The number of benzene rings is 1. The highest BCUT2D eigenvalue weighted by atomic mass is 19.1. The van der Waals surface area contributed by atoms with Crippen LogP contribution >= 0.6 is 0 Å². The Bertz CT molecular complexity index is 668. The Morgan fingerprint density at radius 1 is 1.40 bits per heavy atom. The molecule has 0 atom stereocenters. The van der Waals surface area contributed by atoms with Crippen molar-refractivity contribution in [3.8, 4) is 5.75 Å². The number of nitrogens with zero attached hydrogens (tertiary/aromatic N) is 1. The van der Waals surface area contributed by atoms with Crippen LogP contribution in [0, 0.1) is 5.82 Å². The Morgan fingerprint density at radius 3 is 2.70 bits per heavy atom. The second kappa shape index (κ2) is 5.39. The molecular formula is C12H9FN2O5. The minimum atomic E-state index is -1.23. The number of carbonyl (C=O) groups excluding carboxylic acids is 1. The van der Waals surface area contributed by atoms with E-state index < -0.39 is 17.7 Å². The Morgan fingerprint density at radius 2 is 2.15 bits per heavy atom. The van der Waals surface area contributed by atoms with Gasteiger partial charge in [-0.05, 0) is 12.1 Å². The maximum atomic E-state index is 13.4. The smallest absolute Gasteiger partial charge is 0.358 e. The van der Waals surface area contributed by atoms with Crippen molar-refractivity contribution in [2.75, 3.05) is 0 Å². The van der Waals surface area contributed by atoms with Gasteiger partial charge in [-0.1, -0.05) is 5.16 Å². The lowest BCUT2D eigenvalue weighted by atomic mass is 10.2. The molecule has 0 aliphatic heterocycles. The molecule has 0 bridgehead atoms. The maximum Gasteiger partial charge on any atom is 0.358 e. The van der Waals surface area contributed by atoms with Crippen molar-refractivity contribution in [1.29, 1.82) is 0 Å². The van der Waals surface area contributed by atoms with Gasteiger partial charge in [0.15, 0.2) is 11.5 Å². The van der Waals surface area contributed by atoms with Crippen LogP contribution in [0.1, 0.15) is 26.6 Å². The van der Waals surface area contributed by atoms with Crippen molar-refractivity contribution in [3.63, 3.8) is 0 Å². The zero-order chi connectivity index (χ0) is 14.7. The lowest BCUT2D eigenvalue weighted by molar-refractivity contribution is 0.0685. The number of carbonyl (C=O) groups is 2. The summed E-state index contributed by atoms with van der Waals surface area (Å²) in [5, 5.41) is 11.9. The molecule has 0 aliphatic carbocycles. The number of amides is 1. The van der Waals surface area contributed by atoms with Crippen LogP contribution in [0.4, 0.5) is 4.39 Å². The normalized spacial score (nSPS) is 10.2. The fourth-order valence-electron chi connectivity index (χ4n) is 1.42. The van der Waals surface area contributed by atoms with Gasteiger partial charge in [-0.3, -0.25) is 4.79 Å². The number of aromatic carboxylic acids is 1. The molecule has 1 amide bonds. The van der Waals surface area contributed by atoms with Crippen molar-refractivity contribution in [2.24, 2.45) is 5.73 Å². The number of carboxylic acids is 1. The van der Waals surface area contributed by atoms with E-state index >= 15 is 0 Å². The van der Waals surface area contributed by atoms with E-state index in [2.05, 4.69) is 5.16 Å². The molecule has 7 nitrogen and oxygen atoms in total. The summed E-state index contributed by atoms with van der Waals surface area (Å²) >= 11 is 0. The maximum absolute atomic E-state index is 13.4. The van der Waals surface area contributed by atoms with Crippen LogP contribution < -0.4 is 10.5 Å². The van der Waals surface area contributed by atoms with Gasteiger partial charge in [0.05, 0.1) is 5.56 Å². The zero-order valence-corrected chi connectivity index (χ0v) is 10.00. The van der Waals surface area contributed by atoms with Crippen molar-refractivity contribution in [1.82, 2.24) is 5.16 Å². The molecule has 0 saturated heterocycles. The molecule has 1 heterocycles. The Labute approximate surface area is 111 Å². The van der Waals surface area contributed by atoms with Crippen LogP contribution in [0.3, 0.4) is 0 Å². The van der Waals surface area contributed by atoms with E-state index in [9.17, 15) is 14.0 Å². The lowest BCUT2D eigenvalue weighted by Crippen LogP contribution is -2.13. The van der Waals surface area contributed by atoms with E-state index in [1.54, 1.807) is 0 Å². The number of carboxylic acid groups (broad SMARTS) is 1. The fourth-order valence-corrected chi connectivity index (χ4v) is 1.42. The number of aromatic nitrogens is 1. The Kier molecular flexibility index (Phi) is 3.65. The molecule has 1 aromatic carbocycles. The van der Waals surface area contributed by atoms with E-state index in [0.717, 1.165) is 6.07 Å². The predicted octanol–water partition coefficient (Wildman–Crippen LogP) is 1.19. The summed E-state index contributed by atoms with van der Waals surface area (Å²) in [5.41, 5.74) is 4.47. The number of hydrogen-bond acceptors (Lipinski definition) is 5. The first kappa shape index (κ1) is 13.5. The van der Waals surface area contributed by atoms with Gasteiger partial charge in [0, 0.05) is 12.1 Å². The average Bonchev–Trinajstić information content (AvgIpc) is 2.85. The molecule has 0 spiro atoms. The average molecular weight is 280 g/mol. The molecule has 0 radical (unpaired) electrons. The van der Waals surface area contributed by atoms with Crippen LogP contribution in [0.25, 0.3) is 0 Å². The van der Waals surface area contributed by atoms with Crippen LogP contribution in [0.2, 0.25) is 0 Å². The summed E-state index contributed by atoms with van der Waals surface area (Å²) in [6.07, 6.45) is 0. The molecule has 104 valence electrons. The molecule has 3 N–H and O–H groups in total. The molecule has 0 aliphatic rings. The zero-order valence-electron chi connectivity index (χ0n) is 10.00. The van der Waals surface area contributed by atoms with E-state index in [-0.39, 0.29) is 29.4 Å². The summed E-state index contributed by atoms with van der Waals surface area (Å²) in [6, 6.07) is 4.73. The minimum absolute atomic E-state index is 0.129. The monoisotopic (exact) mass is 280 g/mol. The molecule has 0 fully saturated rings. The van der Waals surface area contributed by atoms with Gasteiger partial charge in [0.25, 0.3) is 5.91 Å². The number of halogens is 1. The Hall–Kier alpha value is -2.90. The third kappa shape index (κ3) is 2.91. The van der Waals surface area contributed by atoms with Gasteiger partial charge in [-0.15, -0.1) is 0 Å². The van der Waals surface area contributed by atoms with Crippen LogP contribution in [0.15, 0.2) is 28.8 Å². The second-order valence-corrected chi connectivity index (χ2v) is 3.78. The molecular weight excluding hydrogens is 271 g/mol. The number of hydrogen-bond donors (Lipinski definition) is 2. The molecule has 0 unspecified atom stereocenters. The first-order chi connectivity index (χ1) is 9.47. The minimum Gasteiger partial charge on any atom is -0.485 e. The fraction of sp³-hybridized carbons (Fsp3) is 0.0833. The van der Waals surface area contributed by atoms with Crippen molar-refractivity contribution in [2.45, 2.75) is 6.61 Å². The highest BCUT2D eigenvalue weighted by Crippen LogP contribution is 2.18. The third-order valence-electron chi connectivity index (χ3n) is 2.37. The molecule has 1 aromatic heterocycles. The quantitative estimate of drug-likeness (QED) is 0.849. The first-order valence-electron chi connectivity index (χ1n) is 5.38. The first-order valence-corrected chi connectivity index (χ1v) is 5.38. The van der Waals surface area contributed by atoms with E-state index in [0.29, 0.717) is 0 Å². The standard InChI is InChI=1S/C12H9FN2O5/c13-9-3-6(1-2-8(9)11(14)16)19-5-7-4-10(12(17)18)15-20-7/h1-4H,5H2,(H2,14,16)(H,17,18). The number of ether oxygens (including phenoxy) is 1. The topological polar surface area (TPSA) is 116 Å². The summed E-state index contributed by atoms with van der Waals surface area (Å²) in [4.78, 5) is 21.4. The largest absolute Gasteiger partial charge is 0.485 e. The van der Waals surface area contributed by atoms with Crippen molar-refractivity contribution >= 4 is 11.9 Å². The van der Waals surface area contributed by atoms with Gasteiger partial charge in [0.1, 0.15) is 18.2 Å². The number of primary amides is 1. The highest BCUT2D eigenvalue weighted by molar-refractivity contribution is 5.93. The molecule has 20 heavy (non-hydrogen) atoms. The van der Waals surface area contributed by atoms with Crippen molar-refractivity contribution < 1.29 is 28.3 Å². The molecule has 8 heteroatoms. The van der Waals surface area contributed by atoms with Crippen LogP contribution in [-0.2, 0) is 6.61 Å². The van der Waals surface area contributed by atoms with E-state index in [1.165, 1.54) is 18.2 Å². The molecule has 0 saturated carbocycles. The summed E-state index contributed by atoms with van der Waals surface area (Å²) < 4.78 is 23.3. The van der Waals surface area contributed by atoms with Gasteiger partial charge in [0.2, 0.25) is 0 Å². The summed E-state index contributed by atoms with van der Waals surface area (Å²) in [5.74, 6) is -2.60. The van der Waals surface area contributed by atoms with E-state index in [1.807, 2.05) is 0 Å². The predicted molar refractivity (Wildman–Crippen MR) is 62.7 cm³/mol. The van der Waals surface area contributed by atoms with Gasteiger partial charge >= 0.3 is 5.97 Å². The number of rotatable bonds is 5. The number of nitrogens with two attached hydrogens (primary N) is 1. The second-order valence-electron chi connectivity index (χ2n) is 3.78. The summed E-state index contributed by atoms with van der Waals surface area (Å²) in [6.45, 7) is -0.129. The summed E-state index contributed by atoms with van der Waals surface area (Å²) in [7, 11) is 0. The molecule has 2 rings (SSSR count).